The summed E-state index contributed by atoms with van der Waals surface area (Å²) >= 11 is 1.11. The molecular weight excluding hydrogens is 687 g/mol. The zero-order valence-electron chi connectivity index (χ0n) is 32.2. The number of carboxylic acid groups (broad SMARTS) is 2. The number of hydrogen-bond acceptors (Lipinski definition) is 9. The summed E-state index contributed by atoms with van der Waals surface area (Å²) in [4.78, 5) is 54.0. The maximum absolute atomic E-state index is 14.8. The number of amides is 1. The van der Waals surface area contributed by atoms with E-state index in [9.17, 15) is 44.7 Å². The van der Waals surface area contributed by atoms with Gasteiger partial charge in [0.15, 0.2) is 11.9 Å². The normalized spacial score (nSPS) is 48.2. The van der Waals surface area contributed by atoms with Gasteiger partial charge in [-0.05, 0) is 110 Å². The van der Waals surface area contributed by atoms with Crippen LogP contribution < -0.4 is 0 Å². The van der Waals surface area contributed by atoms with Gasteiger partial charge in [0.25, 0.3) is 0 Å². The summed E-state index contributed by atoms with van der Waals surface area (Å²) in [7, 11) is 0. The molecule has 52 heavy (non-hydrogen) atoms. The lowest BCUT2D eigenvalue weighted by atomic mass is 9.33. The molecule has 5 fully saturated rings. The first-order valence-electron chi connectivity index (χ1n) is 19.3. The van der Waals surface area contributed by atoms with E-state index in [1.807, 2.05) is 17.9 Å². The number of hydrogen-bond donors (Lipinski definition) is 5. The maximum Gasteiger partial charge on any atom is 0.335 e. The number of allylic oxidation sites excluding steroid dienone is 2. The first kappa shape index (κ1) is 39.7. The lowest BCUT2D eigenvalue weighted by Gasteiger charge is -2.71. The number of aliphatic hydroxyl groups excluding tert-OH is 3. The van der Waals surface area contributed by atoms with Crippen molar-refractivity contribution in [1.29, 1.82) is 0 Å². The summed E-state index contributed by atoms with van der Waals surface area (Å²) in [5.41, 5.74) is -1.88. The first-order chi connectivity index (χ1) is 24.0. The van der Waals surface area contributed by atoms with E-state index in [-0.39, 0.29) is 62.6 Å². The van der Waals surface area contributed by atoms with Crippen LogP contribution in [0, 0.1) is 50.2 Å². The number of thioether (sulfide) groups is 1. The van der Waals surface area contributed by atoms with Gasteiger partial charge >= 0.3 is 11.9 Å². The van der Waals surface area contributed by atoms with E-state index in [4.69, 9.17) is 4.74 Å². The lowest BCUT2D eigenvalue weighted by Crippen LogP contribution is -2.68. The Morgan fingerprint density at radius 2 is 1.54 bits per heavy atom. The number of rotatable bonds is 7. The highest BCUT2D eigenvalue weighted by Gasteiger charge is 2.70. The van der Waals surface area contributed by atoms with Gasteiger partial charge < -0.3 is 35.2 Å². The molecule has 0 spiro atoms. The number of ketones is 1. The number of aliphatic hydroxyl groups is 3. The smallest absolute Gasteiger partial charge is 0.335 e. The van der Waals surface area contributed by atoms with Gasteiger partial charge in [0.2, 0.25) is 5.91 Å². The van der Waals surface area contributed by atoms with Gasteiger partial charge in [0.05, 0.1) is 5.41 Å². The Labute approximate surface area is 312 Å². The molecule has 5 aliphatic carbocycles. The van der Waals surface area contributed by atoms with Crippen LogP contribution in [0.2, 0.25) is 0 Å². The molecule has 6 rings (SSSR count). The summed E-state index contributed by atoms with van der Waals surface area (Å²) in [5.74, 6) is -1.75. The first-order valence-corrected chi connectivity index (χ1v) is 20.3. The maximum atomic E-state index is 14.8. The van der Waals surface area contributed by atoms with Gasteiger partial charge in [-0.1, -0.05) is 47.1 Å². The fourth-order valence-electron chi connectivity index (χ4n) is 12.9. The van der Waals surface area contributed by atoms with E-state index in [0.717, 1.165) is 50.3 Å². The molecular formula is C40H61NO10S. The lowest BCUT2D eigenvalue weighted by molar-refractivity contribution is -0.209. The average molecular weight is 748 g/mol. The Morgan fingerprint density at radius 3 is 2.15 bits per heavy atom. The quantitative estimate of drug-likeness (QED) is 0.239. The summed E-state index contributed by atoms with van der Waals surface area (Å²) in [6.45, 7) is 17.5. The van der Waals surface area contributed by atoms with Gasteiger partial charge in [-0.3, -0.25) is 14.4 Å². The van der Waals surface area contributed by atoms with Crippen molar-refractivity contribution in [2.75, 3.05) is 12.3 Å². The molecule has 14 unspecified atom stereocenters. The second-order valence-electron chi connectivity index (χ2n) is 19.3. The molecule has 14 atom stereocenters. The van der Waals surface area contributed by atoms with Crippen LogP contribution in [-0.2, 0) is 23.9 Å². The van der Waals surface area contributed by atoms with Crippen molar-refractivity contribution >= 4 is 35.4 Å². The van der Waals surface area contributed by atoms with Crippen LogP contribution in [0.25, 0.3) is 0 Å². The van der Waals surface area contributed by atoms with Crippen molar-refractivity contribution in [3.05, 3.63) is 11.6 Å². The minimum absolute atomic E-state index is 0.0143. The minimum atomic E-state index is -1.76. The van der Waals surface area contributed by atoms with Crippen LogP contribution in [-0.4, -0.2) is 102 Å². The van der Waals surface area contributed by atoms with E-state index in [2.05, 4.69) is 41.5 Å². The molecule has 12 heteroatoms. The van der Waals surface area contributed by atoms with Gasteiger partial charge in [0.1, 0.15) is 23.7 Å². The SMILES string of the molecule is CC(=O)N(CCSC1OC(C(=O)O)C(O)C(O)C1O)C1CCC2(C)C(CCC3(C)C2C(=O)C=C2C4CC(C)(C(=O)O)CCC4(C)CCC23C)C1(C)C. The number of fused-ring (bicyclic) bond motifs is 7. The Morgan fingerprint density at radius 1 is 0.885 bits per heavy atom. The van der Waals surface area contributed by atoms with Crippen molar-refractivity contribution in [2.24, 2.45) is 50.2 Å². The van der Waals surface area contributed by atoms with E-state index >= 15 is 0 Å². The second-order valence-corrected chi connectivity index (χ2v) is 20.5. The Balaban J connectivity index is 1.24. The summed E-state index contributed by atoms with van der Waals surface area (Å²) < 4.78 is 5.46. The zero-order valence-corrected chi connectivity index (χ0v) is 33.0. The van der Waals surface area contributed by atoms with Crippen molar-refractivity contribution < 1.29 is 49.4 Å². The predicted octanol–water partition coefficient (Wildman–Crippen LogP) is 4.89. The number of carboxylic acids is 2. The largest absolute Gasteiger partial charge is 0.481 e. The molecule has 11 nitrogen and oxygen atoms in total. The molecule has 1 aliphatic heterocycles. The van der Waals surface area contributed by atoms with Gasteiger partial charge in [-0.15, -0.1) is 11.8 Å². The molecule has 0 aromatic rings. The minimum Gasteiger partial charge on any atom is -0.481 e. The highest BCUT2D eigenvalue weighted by Crippen LogP contribution is 2.75. The topological polar surface area (TPSA) is 182 Å². The molecule has 1 heterocycles. The number of carbonyl (C=O) groups excluding carboxylic acids is 2. The van der Waals surface area contributed by atoms with Crippen molar-refractivity contribution in [3.8, 4) is 0 Å². The third kappa shape index (κ3) is 5.74. The summed E-state index contributed by atoms with van der Waals surface area (Å²) in [6.07, 6.45) is 2.74. The van der Waals surface area contributed by atoms with Crippen LogP contribution in [0.5, 0.6) is 0 Å². The summed E-state index contributed by atoms with van der Waals surface area (Å²) in [6, 6.07) is -0.115. The highest BCUT2D eigenvalue weighted by atomic mass is 32.2. The zero-order chi connectivity index (χ0) is 38.6. The number of ether oxygens (including phenoxy) is 1. The number of carbonyl (C=O) groups is 4. The van der Waals surface area contributed by atoms with Gasteiger partial charge in [-0.25, -0.2) is 4.79 Å². The Bertz CT molecular complexity index is 1530. The van der Waals surface area contributed by atoms with Crippen LogP contribution in [0.1, 0.15) is 113 Å². The molecule has 0 aromatic carbocycles. The molecule has 4 saturated carbocycles. The molecule has 0 bridgehead atoms. The summed E-state index contributed by atoms with van der Waals surface area (Å²) in [5, 5.41) is 50.5. The van der Waals surface area contributed by atoms with Crippen molar-refractivity contribution in [2.45, 2.75) is 149 Å². The van der Waals surface area contributed by atoms with Crippen molar-refractivity contribution in [1.82, 2.24) is 4.90 Å². The standard InChI is InChI=1S/C40H61NO10S/c1-21(42)41(17-18-52-33-29(46)27(44)28(45)30(51-33)32(47)48)26-10-11-38(6)25(35(26,2)3)9-12-40(8)31(38)24(43)19-22-23-20-37(5,34(49)50)14-13-36(23,4)15-16-39(22,40)7/h19,23,25-31,33,44-46H,9-18,20H2,1-8H3,(H,47,48)(H,49,50). The highest BCUT2D eigenvalue weighted by molar-refractivity contribution is 7.99. The van der Waals surface area contributed by atoms with Crippen LogP contribution in [0.4, 0.5) is 0 Å². The van der Waals surface area contributed by atoms with E-state index < -0.39 is 47.2 Å². The van der Waals surface area contributed by atoms with E-state index in [0.29, 0.717) is 31.6 Å². The van der Waals surface area contributed by atoms with Gasteiger partial charge in [0, 0.05) is 31.2 Å². The molecule has 292 valence electrons. The van der Waals surface area contributed by atoms with E-state index in [1.54, 1.807) is 6.92 Å². The monoisotopic (exact) mass is 747 g/mol. The average Bonchev–Trinajstić information content (AvgIpc) is 3.04. The molecule has 1 amide bonds. The molecule has 6 aliphatic rings. The number of aliphatic carboxylic acids is 2. The third-order valence-electron chi connectivity index (χ3n) is 16.3. The predicted molar refractivity (Wildman–Crippen MR) is 195 cm³/mol. The third-order valence-corrected chi connectivity index (χ3v) is 17.4. The molecule has 1 saturated heterocycles. The van der Waals surface area contributed by atoms with Crippen LogP contribution in [0.3, 0.4) is 0 Å². The Hall–Kier alpha value is -1.99. The second kappa shape index (κ2) is 13.1. The van der Waals surface area contributed by atoms with Crippen molar-refractivity contribution in [3.63, 3.8) is 0 Å². The number of nitrogens with zero attached hydrogens (tertiary/aromatic N) is 1. The fraction of sp³-hybridized carbons (Fsp3) is 0.850. The molecule has 5 N–H and O–H groups in total. The van der Waals surface area contributed by atoms with Crippen LogP contribution in [0.15, 0.2) is 11.6 Å². The molecule has 0 radical (unpaired) electrons. The fourth-order valence-corrected chi connectivity index (χ4v) is 14.0. The van der Waals surface area contributed by atoms with E-state index in [1.165, 1.54) is 5.57 Å². The molecule has 0 aromatic heterocycles. The van der Waals surface area contributed by atoms with Crippen LogP contribution >= 0.6 is 11.8 Å². The van der Waals surface area contributed by atoms with Gasteiger partial charge in [-0.2, -0.15) is 0 Å². The Kier molecular flexibility index (Phi) is 9.97.